The molecule has 0 bridgehead atoms. The minimum absolute atomic E-state index is 0.0629. The number of ether oxygens (including phenoxy) is 2. The molecule has 2 N–H and O–H groups in total. The van der Waals surface area contributed by atoms with Crippen LogP contribution in [-0.4, -0.2) is 67.6 Å². The van der Waals surface area contributed by atoms with Crippen molar-refractivity contribution in [2.75, 3.05) is 50.6 Å². The standard InChI is InChI=1S/C28H30N4O6/c1-3-20(17-8-5-4-6-9-17)29-23-24(26(35)25(23)34)30-21-11-7-10-19(27(21)37-2)28(36)31-12-13-32-18(14-31)15-38-16-22(32)33/h4-11,18,20,29-30H,3,12-16H2,1-2H3. The minimum atomic E-state index is -0.632. The first-order chi connectivity index (χ1) is 18.4. The van der Waals surface area contributed by atoms with E-state index in [2.05, 4.69) is 10.6 Å². The molecule has 10 nitrogen and oxygen atoms in total. The van der Waals surface area contributed by atoms with Gasteiger partial charge < -0.3 is 29.9 Å². The Morgan fingerprint density at radius 3 is 2.55 bits per heavy atom. The SMILES string of the molecule is CCC(Nc1c(Nc2cccc(C(=O)N3CCN4C(=O)COCC4C3)c2OC)c(=O)c1=O)c1ccccc1. The third-order valence-electron chi connectivity index (χ3n) is 7.17. The number of nitrogens with zero attached hydrogens (tertiary/aromatic N) is 2. The molecule has 198 valence electrons. The fourth-order valence-electron chi connectivity index (χ4n) is 5.13. The van der Waals surface area contributed by atoms with Gasteiger partial charge in [0.25, 0.3) is 16.8 Å². The van der Waals surface area contributed by atoms with Crippen LogP contribution in [0, 0.1) is 0 Å². The molecular weight excluding hydrogens is 488 g/mol. The second-order valence-corrected chi connectivity index (χ2v) is 9.44. The molecule has 2 heterocycles. The number of benzene rings is 2. The summed E-state index contributed by atoms with van der Waals surface area (Å²) in [5.41, 5.74) is 0.849. The number of rotatable bonds is 8. The molecular formula is C28H30N4O6. The quantitative estimate of drug-likeness (QED) is 0.436. The van der Waals surface area contributed by atoms with Crippen molar-refractivity contribution in [2.24, 2.45) is 0 Å². The summed E-state index contributed by atoms with van der Waals surface area (Å²) in [5, 5.41) is 6.25. The van der Waals surface area contributed by atoms with E-state index in [0.29, 0.717) is 43.9 Å². The van der Waals surface area contributed by atoms with Crippen LogP contribution in [0.3, 0.4) is 0 Å². The highest BCUT2D eigenvalue weighted by atomic mass is 16.5. The van der Waals surface area contributed by atoms with Crippen LogP contribution in [0.25, 0.3) is 0 Å². The molecule has 0 aliphatic carbocycles. The van der Waals surface area contributed by atoms with Crippen LogP contribution in [-0.2, 0) is 9.53 Å². The average Bonchev–Trinajstić information content (AvgIpc) is 2.96. The van der Waals surface area contributed by atoms with E-state index in [1.54, 1.807) is 28.0 Å². The van der Waals surface area contributed by atoms with Crippen molar-refractivity contribution < 1.29 is 19.1 Å². The van der Waals surface area contributed by atoms with Crippen molar-refractivity contribution in [1.82, 2.24) is 9.80 Å². The summed E-state index contributed by atoms with van der Waals surface area (Å²) in [6.07, 6.45) is 0.709. The summed E-state index contributed by atoms with van der Waals surface area (Å²) in [5.74, 6) is -0.0428. The predicted octanol–water partition coefficient (Wildman–Crippen LogP) is 2.28. The van der Waals surface area contributed by atoms with E-state index in [1.807, 2.05) is 37.3 Å². The zero-order valence-corrected chi connectivity index (χ0v) is 21.4. The summed E-state index contributed by atoms with van der Waals surface area (Å²) in [6.45, 7) is 3.65. The van der Waals surface area contributed by atoms with Crippen LogP contribution in [0.4, 0.5) is 17.1 Å². The Hall–Kier alpha value is -4.18. The van der Waals surface area contributed by atoms with Crippen LogP contribution in [0.5, 0.6) is 5.75 Å². The number of anilines is 3. The number of fused-ring (bicyclic) bond motifs is 1. The number of nitrogens with one attached hydrogen (secondary N) is 2. The van der Waals surface area contributed by atoms with Crippen molar-refractivity contribution in [1.29, 1.82) is 0 Å². The number of hydrogen-bond donors (Lipinski definition) is 2. The van der Waals surface area contributed by atoms with Crippen molar-refractivity contribution in [3.8, 4) is 5.75 Å². The monoisotopic (exact) mass is 518 g/mol. The van der Waals surface area contributed by atoms with E-state index in [1.165, 1.54) is 7.11 Å². The topological polar surface area (TPSA) is 117 Å². The summed E-state index contributed by atoms with van der Waals surface area (Å²) < 4.78 is 11.0. The zero-order valence-electron chi connectivity index (χ0n) is 21.4. The maximum atomic E-state index is 13.5. The Morgan fingerprint density at radius 2 is 1.82 bits per heavy atom. The van der Waals surface area contributed by atoms with Gasteiger partial charge in [-0.25, -0.2) is 0 Å². The molecule has 2 saturated heterocycles. The average molecular weight is 519 g/mol. The maximum Gasteiger partial charge on any atom is 0.257 e. The van der Waals surface area contributed by atoms with Gasteiger partial charge >= 0.3 is 0 Å². The molecule has 0 aromatic heterocycles. The van der Waals surface area contributed by atoms with Crippen LogP contribution in [0.15, 0.2) is 58.1 Å². The second kappa shape index (κ2) is 10.7. The van der Waals surface area contributed by atoms with Crippen molar-refractivity contribution >= 4 is 28.9 Å². The molecule has 2 fully saturated rings. The molecule has 3 aromatic carbocycles. The number of hydrogen-bond acceptors (Lipinski definition) is 8. The van der Waals surface area contributed by atoms with Crippen LogP contribution >= 0.6 is 0 Å². The fourth-order valence-corrected chi connectivity index (χ4v) is 5.13. The lowest BCUT2D eigenvalue weighted by molar-refractivity contribution is -0.151. The van der Waals surface area contributed by atoms with E-state index in [-0.39, 0.29) is 47.6 Å². The van der Waals surface area contributed by atoms with E-state index in [9.17, 15) is 19.2 Å². The van der Waals surface area contributed by atoms with Gasteiger partial charge in [0.1, 0.15) is 18.0 Å². The highest BCUT2D eigenvalue weighted by molar-refractivity contribution is 5.99. The van der Waals surface area contributed by atoms with Crippen molar-refractivity contribution in [2.45, 2.75) is 25.4 Å². The number of carbonyl (C=O) groups is 2. The minimum Gasteiger partial charge on any atom is -0.494 e. The molecule has 2 atom stereocenters. The number of piperazine rings is 1. The van der Waals surface area contributed by atoms with E-state index in [4.69, 9.17) is 9.47 Å². The van der Waals surface area contributed by atoms with Gasteiger partial charge in [0.15, 0.2) is 5.75 Å². The summed E-state index contributed by atoms with van der Waals surface area (Å²) in [7, 11) is 1.45. The molecule has 10 heteroatoms. The van der Waals surface area contributed by atoms with Gasteiger partial charge in [-0.3, -0.25) is 19.2 Å². The Morgan fingerprint density at radius 1 is 1.05 bits per heavy atom. The first-order valence-electron chi connectivity index (χ1n) is 12.7. The second-order valence-electron chi connectivity index (χ2n) is 9.44. The number of amides is 2. The Balaban J connectivity index is 1.38. The smallest absolute Gasteiger partial charge is 0.257 e. The van der Waals surface area contributed by atoms with E-state index < -0.39 is 10.9 Å². The normalized spacial score (nSPS) is 18.2. The Kier molecular flexibility index (Phi) is 7.15. The largest absolute Gasteiger partial charge is 0.494 e. The van der Waals surface area contributed by atoms with Gasteiger partial charge in [0.05, 0.1) is 37.1 Å². The summed E-state index contributed by atoms with van der Waals surface area (Å²) in [6, 6.07) is 14.4. The molecule has 2 aliphatic heterocycles. The maximum absolute atomic E-state index is 13.5. The molecule has 0 saturated carbocycles. The number of para-hydroxylation sites is 1. The lowest BCUT2D eigenvalue weighted by Crippen LogP contribution is -2.61. The first-order valence-corrected chi connectivity index (χ1v) is 12.7. The van der Waals surface area contributed by atoms with Crippen LogP contribution in [0.1, 0.15) is 35.3 Å². The zero-order chi connectivity index (χ0) is 26.8. The van der Waals surface area contributed by atoms with E-state index >= 15 is 0 Å². The Labute approximate surface area is 219 Å². The highest BCUT2D eigenvalue weighted by Crippen LogP contribution is 2.34. The summed E-state index contributed by atoms with van der Waals surface area (Å²) >= 11 is 0. The number of methoxy groups -OCH3 is 1. The van der Waals surface area contributed by atoms with Gasteiger partial charge in [-0.05, 0) is 24.1 Å². The summed E-state index contributed by atoms with van der Waals surface area (Å²) in [4.78, 5) is 54.1. The molecule has 2 aliphatic rings. The van der Waals surface area contributed by atoms with Crippen LogP contribution < -0.4 is 26.2 Å². The van der Waals surface area contributed by atoms with Gasteiger partial charge in [0, 0.05) is 19.6 Å². The third kappa shape index (κ3) is 4.63. The molecule has 2 amide bonds. The van der Waals surface area contributed by atoms with Gasteiger partial charge in [-0.15, -0.1) is 0 Å². The number of carbonyl (C=O) groups excluding carboxylic acids is 2. The molecule has 0 spiro atoms. The van der Waals surface area contributed by atoms with Crippen LogP contribution in [0.2, 0.25) is 0 Å². The molecule has 2 unspecified atom stereocenters. The fraction of sp³-hybridized carbons (Fsp3) is 0.357. The lowest BCUT2D eigenvalue weighted by atomic mass is 10.0. The molecule has 38 heavy (non-hydrogen) atoms. The highest BCUT2D eigenvalue weighted by Gasteiger charge is 2.36. The van der Waals surface area contributed by atoms with Gasteiger partial charge in [-0.2, -0.15) is 0 Å². The molecule has 0 radical (unpaired) electrons. The number of morpholine rings is 1. The van der Waals surface area contributed by atoms with Crippen molar-refractivity contribution in [3.63, 3.8) is 0 Å². The van der Waals surface area contributed by atoms with E-state index in [0.717, 1.165) is 5.56 Å². The predicted molar refractivity (Wildman–Crippen MR) is 143 cm³/mol. The molecule has 3 aromatic rings. The Bertz CT molecular complexity index is 1410. The van der Waals surface area contributed by atoms with Gasteiger partial charge in [-0.1, -0.05) is 43.3 Å². The van der Waals surface area contributed by atoms with Gasteiger partial charge in [0.2, 0.25) is 5.91 Å². The third-order valence-corrected chi connectivity index (χ3v) is 7.17. The van der Waals surface area contributed by atoms with Crippen molar-refractivity contribution in [3.05, 3.63) is 80.1 Å². The lowest BCUT2D eigenvalue weighted by Gasteiger charge is -2.43. The molecule has 5 rings (SSSR count). The first kappa shape index (κ1) is 25.5.